The number of benzene rings is 1. The third kappa shape index (κ3) is 3.33. The maximum Gasteiger partial charge on any atom is 0.0233 e. The van der Waals surface area contributed by atoms with Crippen molar-refractivity contribution >= 4 is 0 Å². The SMILES string of the molecule is CNC1(C)CCN(Cc2cc(C)cc(C)c2)CC1. The topological polar surface area (TPSA) is 15.3 Å². The smallest absolute Gasteiger partial charge is 0.0233 e. The summed E-state index contributed by atoms with van der Waals surface area (Å²) in [5.74, 6) is 0. The van der Waals surface area contributed by atoms with E-state index in [9.17, 15) is 0 Å². The third-order valence-corrected chi connectivity index (χ3v) is 4.25. The average Bonchev–Trinajstić information content (AvgIpc) is 2.31. The molecule has 1 saturated heterocycles. The normalized spacial score (nSPS) is 20.0. The Morgan fingerprint density at radius 2 is 1.67 bits per heavy atom. The summed E-state index contributed by atoms with van der Waals surface area (Å²) >= 11 is 0. The van der Waals surface area contributed by atoms with E-state index in [1.165, 1.54) is 42.6 Å². The minimum absolute atomic E-state index is 0.346. The molecule has 1 fully saturated rings. The van der Waals surface area contributed by atoms with Crippen LogP contribution in [0.4, 0.5) is 0 Å². The van der Waals surface area contributed by atoms with Gasteiger partial charge < -0.3 is 5.32 Å². The van der Waals surface area contributed by atoms with E-state index < -0.39 is 0 Å². The van der Waals surface area contributed by atoms with Crippen LogP contribution in [0, 0.1) is 13.8 Å². The highest BCUT2D eigenvalue weighted by molar-refractivity contribution is 5.28. The Balaban J connectivity index is 1.95. The van der Waals surface area contributed by atoms with Gasteiger partial charge in [0.15, 0.2) is 0 Å². The van der Waals surface area contributed by atoms with Crippen molar-refractivity contribution in [2.45, 2.75) is 45.7 Å². The Bertz CT molecular complexity index is 383. The first-order valence-electron chi connectivity index (χ1n) is 6.99. The van der Waals surface area contributed by atoms with Gasteiger partial charge in [0.25, 0.3) is 0 Å². The van der Waals surface area contributed by atoms with Gasteiger partial charge in [-0.1, -0.05) is 29.3 Å². The van der Waals surface area contributed by atoms with E-state index >= 15 is 0 Å². The Labute approximate surface area is 111 Å². The molecule has 18 heavy (non-hydrogen) atoms. The van der Waals surface area contributed by atoms with E-state index in [0.717, 1.165) is 6.54 Å². The second kappa shape index (κ2) is 5.41. The highest BCUT2D eigenvalue weighted by atomic mass is 15.1. The molecular weight excluding hydrogens is 220 g/mol. The molecule has 0 saturated carbocycles. The molecule has 0 aromatic heterocycles. The summed E-state index contributed by atoms with van der Waals surface area (Å²) < 4.78 is 0. The van der Waals surface area contributed by atoms with Gasteiger partial charge in [-0.3, -0.25) is 4.90 Å². The summed E-state index contributed by atoms with van der Waals surface area (Å²) in [5.41, 5.74) is 4.56. The fraction of sp³-hybridized carbons (Fsp3) is 0.625. The van der Waals surface area contributed by atoms with Crippen LogP contribution in [0.1, 0.15) is 36.5 Å². The first-order chi connectivity index (χ1) is 8.50. The van der Waals surface area contributed by atoms with E-state index in [0.29, 0.717) is 5.54 Å². The van der Waals surface area contributed by atoms with E-state index in [1.807, 2.05) is 0 Å². The minimum atomic E-state index is 0.346. The number of nitrogens with one attached hydrogen (secondary N) is 1. The number of piperidine rings is 1. The lowest BCUT2D eigenvalue weighted by Crippen LogP contribution is -2.49. The Hall–Kier alpha value is -0.860. The lowest BCUT2D eigenvalue weighted by atomic mass is 9.89. The van der Waals surface area contributed by atoms with Crippen LogP contribution in [0.15, 0.2) is 18.2 Å². The first-order valence-corrected chi connectivity index (χ1v) is 6.99. The van der Waals surface area contributed by atoms with Crippen molar-refractivity contribution in [1.29, 1.82) is 0 Å². The van der Waals surface area contributed by atoms with Gasteiger partial charge in [0, 0.05) is 25.2 Å². The zero-order valence-corrected chi connectivity index (χ0v) is 12.2. The Morgan fingerprint density at radius 1 is 1.11 bits per heavy atom. The van der Waals surface area contributed by atoms with Gasteiger partial charge in [-0.25, -0.2) is 0 Å². The maximum atomic E-state index is 3.46. The molecule has 1 aliphatic rings. The molecule has 100 valence electrons. The predicted molar refractivity (Wildman–Crippen MR) is 77.9 cm³/mol. The molecule has 0 amide bonds. The molecule has 1 aromatic rings. The fourth-order valence-electron chi connectivity index (χ4n) is 2.87. The standard InChI is InChI=1S/C16H26N2/c1-13-9-14(2)11-15(10-13)12-18-7-5-16(3,17-4)6-8-18/h9-11,17H,5-8,12H2,1-4H3. The zero-order chi connectivity index (χ0) is 13.2. The molecule has 0 atom stereocenters. The molecule has 0 unspecified atom stereocenters. The minimum Gasteiger partial charge on any atom is -0.314 e. The summed E-state index contributed by atoms with van der Waals surface area (Å²) in [4.78, 5) is 2.58. The van der Waals surface area contributed by atoms with Crippen LogP contribution in [-0.4, -0.2) is 30.6 Å². The van der Waals surface area contributed by atoms with E-state index in [4.69, 9.17) is 0 Å². The predicted octanol–water partition coefficient (Wildman–Crippen LogP) is 2.88. The van der Waals surface area contributed by atoms with Crippen LogP contribution in [0.25, 0.3) is 0 Å². The molecular formula is C16H26N2. The van der Waals surface area contributed by atoms with Gasteiger partial charge in [0.05, 0.1) is 0 Å². The van der Waals surface area contributed by atoms with Crippen LogP contribution in [0.3, 0.4) is 0 Å². The van der Waals surface area contributed by atoms with Gasteiger partial charge in [-0.2, -0.15) is 0 Å². The largest absolute Gasteiger partial charge is 0.314 e. The third-order valence-electron chi connectivity index (χ3n) is 4.25. The maximum absolute atomic E-state index is 3.46. The van der Waals surface area contributed by atoms with E-state index in [2.05, 4.69) is 56.2 Å². The van der Waals surface area contributed by atoms with Crippen molar-refractivity contribution in [1.82, 2.24) is 10.2 Å². The second-order valence-electron chi connectivity index (χ2n) is 6.08. The van der Waals surface area contributed by atoms with E-state index in [1.54, 1.807) is 0 Å². The second-order valence-corrected chi connectivity index (χ2v) is 6.08. The zero-order valence-electron chi connectivity index (χ0n) is 12.2. The molecule has 2 rings (SSSR count). The molecule has 2 heteroatoms. The van der Waals surface area contributed by atoms with Gasteiger partial charge in [0.2, 0.25) is 0 Å². The van der Waals surface area contributed by atoms with Crippen molar-refractivity contribution in [3.63, 3.8) is 0 Å². The van der Waals surface area contributed by atoms with Crippen molar-refractivity contribution in [2.24, 2.45) is 0 Å². The van der Waals surface area contributed by atoms with Gasteiger partial charge >= 0.3 is 0 Å². The van der Waals surface area contributed by atoms with Crippen molar-refractivity contribution < 1.29 is 0 Å². The lowest BCUT2D eigenvalue weighted by molar-refractivity contribution is 0.146. The highest BCUT2D eigenvalue weighted by Crippen LogP contribution is 2.22. The molecule has 0 spiro atoms. The summed E-state index contributed by atoms with van der Waals surface area (Å²) in [6.45, 7) is 10.2. The molecule has 1 N–H and O–H groups in total. The number of rotatable bonds is 3. The van der Waals surface area contributed by atoms with Crippen molar-refractivity contribution in [3.05, 3.63) is 34.9 Å². The molecule has 2 nitrogen and oxygen atoms in total. The Kier molecular flexibility index (Phi) is 4.08. The average molecular weight is 246 g/mol. The molecule has 0 bridgehead atoms. The molecule has 1 aliphatic heterocycles. The van der Waals surface area contributed by atoms with Crippen LogP contribution in [-0.2, 0) is 6.54 Å². The van der Waals surface area contributed by atoms with E-state index in [-0.39, 0.29) is 0 Å². The van der Waals surface area contributed by atoms with Gasteiger partial charge in [-0.05, 0) is 46.2 Å². The quantitative estimate of drug-likeness (QED) is 0.882. The highest BCUT2D eigenvalue weighted by Gasteiger charge is 2.27. The molecule has 1 aromatic carbocycles. The number of aryl methyl sites for hydroxylation is 2. The van der Waals surface area contributed by atoms with Crippen LogP contribution < -0.4 is 5.32 Å². The molecule has 0 aliphatic carbocycles. The molecule has 1 heterocycles. The lowest BCUT2D eigenvalue weighted by Gasteiger charge is -2.39. The number of hydrogen-bond donors (Lipinski definition) is 1. The van der Waals surface area contributed by atoms with Gasteiger partial charge in [-0.15, -0.1) is 0 Å². The number of nitrogens with zero attached hydrogens (tertiary/aromatic N) is 1. The summed E-state index contributed by atoms with van der Waals surface area (Å²) in [5, 5.41) is 3.46. The van der Waals surface area contributed by atoms with Gasteiger partial charge in [0.1, 0.15) is 0 Å². The summed E-state index contributed by atoms with van der Waals surface area (Å²) in [6, 6.07) is 6.88. The fourth-order valence-corrected chi connectivity index (χ4v) is 2.87. The van der Waals surface area contributed by atoms with Crippen LogP contribution >= 0.6 is 0 Å². The molecule has 0 radical (unpaired) electrons. The summed E-state index contributed by atoms with van der Waals surface area (Å²) in [6.07, 6.45) is 2.49. The van der Waals surface area contributed by atoms with Crippen molar-refractivity contribution in [2.75, 3.05) is 20.1 Å². The first kappa shape index (κ1) is 13.6. The van der Waals surface area contributed by atoms with Crippen LogP contribution in [0.2, 0.25) is 0 Å². The number of likely N-dealkylation sites (tertiary alicyclic amines) is 1. The summed E-state index contributed by atoms with van der Waals surface area (Å²) in [7, 11) is 2.08. The Morgan fingerprint density at radius 3 is 2.17 bits per heavy atom. The number of hydrogen-bond acceptors (Lipinski definition) is 2. The van der Waals surface area contributed by atoms with Crippen molar-refractivity contribution in [3.8, 4) is 0 Å². The monoisotopic (exact) mass is 246 g/mol. The van der Waals surface area contributed by atoms with Crippen LogP contribution in [0.5, 0.6) is 0 Å².